The topological polar surface area (TPSA) is 30.9 Å². The molecule has 0 aromatic heterocycles. The first-order chi connectivity index (χ1) is 11.7. The van der Waals surface area contributed by atoms with Gasteiger partial charge in [0.1, 0.15) is 0 Å². The van der Waals surface area contributed by atoms with Crippen molar-refractivity contribution in [1.82, 2.24) is 15.1 Å². The van der Waals surface area contributed by atoms with Crippen LogP contribution in [0.15, 0.2) is 35.3 Å². The number of rotatable bonds is 3. The molecule has 0 amide bonds. The predicted molar refractivity (Wildman–Crippen MR) is 102 cm³/mol. The number of benzene rings is 1. The van der Waals surface area contributed by atoms with Crippen molar-refractivity contribution in [2.75, 3.05) is 40.3 Å². The van der Waals surface area contributed by atoms with Crippen LogP contribution in [0.5, 0.6) is 0 Å². The van der Waals surface area contributed by atoms with E-state index in [2.05, 4.69) is 64.4 Å². The molecule has 3 unspecified atom stereocenters. The van der Waals surface area contributed by atoms with Gasteiger partial charge >= 0.3 is 0 Å². The zero-order chi connectivity index (χ0) is 16.9. The highest BCUT2D eigenvalue weighted by molar-refractivity contribution is 5.80. The van der Waals surface area contributed by atoms with Crippen molar-refractivity contribution in [1.29, 1.82) is 0 Å². The summed E-state index contributed by atoms with van der Waals surface area (Å²) in [4.78, 5) is 9.45. The molecule has 2 aliphatic rings. The molecular formula is C20H32N4. The Kier molecular flexibility index (Phi) is 5.77. The van der Waals surface area contributed by atoms with Crippen molar-refractivity contribution < 1.29 is 0 Å². The van der Waals surface area contributed by atoms with E-state index in [1.54, 1.807) is 0 Å². The van der Waals surface area contributed by atoms with Crippen LogP contribution < -0.4 is 5.32 Å². The van der Waals surface area contributed by atoms with E-state index in [1.165, 1.54) is 31.4 Å². The second-order valence-corrected chi connectivity index (χ2v) is 7.43. The Bertz CT molecular complexity index is 542. The van der Waals surface area contributed by atoms with Gasteiger partial charge in [-0.25, -0.2) is 0 Å². The summed E-state index contributed by atoms with van der Waals surface area (Å²) in [7, 11) is 4.14. The van der Waals surface area contributed by atoms with E-state index in [1.807, 2.05) is 7.05 Å². The average Bonchev–Trinajstić information content (AvgIpc) is 3.01. The lowest BCUT2D eigenvalue weighted by molar-refractivity contribution is 0.232. The van der Waals surface area contributed by atoms with Crippen LogP contribution in [0, 0.1) is 5.92 Å². The summed E-state index contributed by atoms with van der Waals surface area (Å²) in [5.41, 5.74) is 1.49. The fourth-order valence-corrected chi connectivity index (χ4v) is 4.31. The fraction of sp³-hybridized carbons (Fsp3) is 0.650. The Hall–Kier alpha value is -1.55. The molecule has 2 saturated heterocycles. The van der Waals surface area contributed by atoms with E-state index >= 15 is 0 Å². The number of hydrogen-bond donors (Lipinski definition) is 1. The number of guanidine groups is 1. The van der Waals surface area contributed by atoms with Gasteiger partial charge in [0.2, 0.25) is 0 Å². The van der Waals surface area contributed by atoms with Crippen molar-refractivity contribution in [3.63, 3.8) is 0 Å². The number of hydrogen-bond acceptors (Lipinski definition) is 2. The number of nitrogens with zero attached hydrogens (tertiary/aromatic N) is 3. The Morgan fingerprint density at radius 3 is 2.62 bits per heavy atom. The van der Waals surface area contributed by atoms with E-state index in [0.717, 1.165) is 25.6 Å². The minimum atomic E-state index is 0.647. The quantitative estimate of drug-likeness (QED) is 0.684. The number of likely N-dealkylation sites (N-methyl/N-ethyl adjacent to an activating group) is 1. The van der Waals surface area contributed by atoms with Crippen LogP contribution in [0.3, 0.4) is 0 Å². The summed E-state index contributed by atoms with van der Waals surface area (Å²) >= 11 is 0. The third-order valence-electron chi connectivity index (χ3n) is 5.81. The van der Waals surface area contributed by atoms with Crippen LogP contribution in [0.4, 0.5) is 0 Å². The monoisotopic (exact) mass is 328 g/mol. The highest BCUT2D eigenvalue weighted by Crippen LogP contribution is 2.32. The summed E-state index contributed by atoms with van der Waals surface area (Å²) in [6.07, 6.45) is 3.82. The summed E-state index contributed by atoms with van der Waals surface area (Å²) in [6, 6.07) is 11.6. The third-order valence-corrected chi connectivity index (χ3v) is 5.81. The van der Waals surface area contributed by atoms with Crippen molar-refractivity contribution in [2.24, 2.45) is 10.9 Å². The van der Waals surface area contributed by atoms with Crippen molar-refractivity contribution in [3.05, 3.63) is 35.9 Å². The Morgan fingerprint density at radius 1 is 1.21 bits per heavy atom. The lowest BCUT2D eigenvalue weighted by Crippen LogP contribution is -2.50. The highest BCUT2D eigenvalue weighted by Gasteiger charge is 2.29. The molecule has 132 valence electrons. The molecule has 0 radical (unpaired) electrons. The molecule has 1 aromatic carbocycles. The van der Waals surface area contributed by atoms with Crippen LogP contribution >= 0.6 is 0 Å². The summed E-state index contributed by atoms with van der Waals surface area (Å²) in [6.45, 7) is 6.78. The van der Waals surface area contributed by atoms with Crippen molar-refractivity contribution >= 4 is 5.96 Å². The van der Waals surface area contributed by atoms with E-state index < -0.39 is 0 Å². The standard InChI is InChI=1S/C20H32N4/c1-16-15-24(13-11-19(16)17-8-5-4-6-9-17)20(21-2)22-14-18-10-7-12-23(18)3/h4-6,8-9,16,18-19H,7,10-15H2,1-3H3,(H,21,22). The number of likely N-dealkylation sites (tertiary alicyclic amines) is 2. The average molecular weight is 329 g/mol. The minimum Gasteiger partial charge on any atom is -0.355 e. The minimum absolute atomic E-state index is 0.647. The molecule has 3 rings (SSSR count). The second kappa shape index (κ2) is 8.02. The molecule has 4 nitrogen and oxygen atoms in total. The number of piperidine rings is 1. The van der Waals surface area contributed by atoms with Gasteiger partial charge in [-0.3, -0.25) is 4.99 Å². The SMILES string of the molecule is CN=C(NCC1CCCN1C)N1CCC(c2ccccc2)C(C)C1. The third kappa shape index (κ3) is 3.92. The Morgan fingerprint density at radius 2 is 2.00 bits per heavy atom. The molecule has 0 bridgehead atoms. The van der Waals surface area contributed by atoms with E-state index in [-0.39, 0.29) is 0 Å². The molecule has 0 saturated carbocycles. The maximum Gasteiger partial charge on any atom is 0.193 e. The fourth-order valence-electron chi connectivity index (χ4n) is 4.31. The van der Waals surface area contributed by atoms with Gasteiger partial charge in [-0.2, -0.15) is 0 Å². The van der Waals surface area contributed by atoms with Gasteiger partial charge in [0.25, 0.3) is 0 Å². The highest BCUT2D eigenvalue weighted by atomic mass is 15.3. The maximum absolute atomic E-state index is 4.54. The molecule has 2 heterocycles. The van der Waals surface area contributed by atoms with E-state index in [4.69, 9.17) is 0 Å². The largest absolute Gasteiger partial charge is 0.355 e. The van der Waals surface area contributed by atoms with Gasteiger partial charge < -0.3 is 15.1 Å². The molecule has 3 atom stereocenters. The Labute approximate surface area is 146 Å². The summed E-state index contributed by atoms with van der Waals surface area (Å²) in [5.74, 6) is 2.39. The summed E-state index contributed by atoms with van der Waals surface area (Å²) < 4.78 is 0. The van der Waals surface area contributed by atoms with Crippen LogP contribution in [-0.4, -0.2) is 62.1 Å². The zero-order valence-electron chi connectivity index (χ0n) is 15.4. The van der Waals surface area contributed by atoms with Crippen LogP contribution in [0.1, 0.15) is 37.7 Å². The number of aliphatic imine (C=N–C) groups is 1. The normalized spacial score (nSPS) is 29.0. The van der Waals surface area contributed by atoms with Gasteiger partial charge in [-0.15, -0.1) is 0 Å². The molecule has 1 N–H and O–H groups in total. The predicted octanol–water partition coefficient (Wildman–Crippen LogP) is 2.78. The molecule has 2 fully saturated rings. The van der Waals surface area contributed by atoms with Gasteiger partial charge in [-0.05, 0) is 50.3 Å². The van der Waals surface area contributed by atoms with E-state index in [9.17, 15) is 0 Å². The smallest absolute Gasteiger partial charge is 0.193 e. The van der Waals surface area contributed by atoms with E-state index in [0.29, 0.717) is 17.9 Å². The first-order valence-electron chi connectivity index (χ1n) is 9.40. The molecule has 24 heavy (non-hydrogen) atoms. The zero-order valence-corrected chi connectivity index (χ0v) is 15.4. The summed E-state index contributed by atoms with van der Waals surface area (Å²) in [5, 5.41) is 3.62. The van der Waals surface area contributed by atoms with Crippen molar-refractivity contribution in [2.45, 2.75) is 38.1 Å². The molecule has 4 heteroatoms. The van der Waals surface area contributed by atoms with Gasteiger partial charge in [0.05, 0.1) is 0 Å². The van der Waals surface area contributed by atoms with Crippen LogP contribution in [0.25, 0.3) is 0 Å². The Balaban J connectivity index is 1.55. The molecular weight excluding hydrogens is 296 g/mol. The molecule has 1 aromatic rings. The lowest BCUT2D eigenvalue weighted by Gasteiger charge is -2.39. The molecule has 0 aliphatic carbocycles. The maximum atomic E-state index is 4.54. The first kappa shape index (κ1) is 17.3. The number of nitrogens with one attached hydrogen (secondary N) is 1. The van der Waals surface area contributed by atoms with Crippen LogP contribution in [0.2, 0.25) is 0 Å². The first-order valence-corrected chi connectivity index (χ1v) is 9.40. The molecule has 2 aliphatic heterocycles. The molecule has 0 spiro atoms. The second-order valence-electron chi connectivity index (χ2n) is 7.43. The van der Waals surface area contributed by atoms with Gasteiger partial charge in [0.15, 0.2) is 5.96 Å². The lowest BCUT2D eigenvalue weighted by atomic mass is 9.82. The van der Waals surface area contributed by atoms with Gasteiger partial charge in [-0.1, -0.05) is 37.3 Å². The van der Waals surface area contributed by atoms with Gasteiger partial charge in [0, 0.05) is 32.7 Å². The van der Waals surface area contributed by atoms with Crippen molar-refractivity contribution in [3.8, 4) is 0 Å². The van der Waals surface area contributed by atoms with Crippen LogP contribution in [-0.2, 0) is 0 Å².